The SMILES string of the molecule is Cc1cc(CNCCCP(=O)(O)O)ccc1C#CCCCCc1ccccc1. The Balaban J connectivity index is 1.69. The van der Waals surface area contributed by atoms with Gasteiger partial charge in [0, 0.05) is 18.5 Å². The molecule has 150 valence electrons. The Morgan fingerprint density at radius 3 is 2.50 bits per heavy atom. The molecule has 0 saturated carbocycles. The third kappa shape index (κ3) is 9.35. The molecule has 0 aliphatic rings. The van der Waals surface area contributed by atoms with Crippen LogP contribution in [0.4, 0.5) is 0 Å². The quantitative estimate of drug-likeness (QED) is 0.314. The summed E-state index contributed by atoms with van der Waals surface area (Å²) in [7, 11) is -3.88. The Morgan fingerprint density at radius 2 is 1.79 bits per heavy atom. The van der Waals surface area contributed by atoms with Crippen LogP contribution in [0.3, 0.4) is 0 Å². The monoisotopic (exact) mass is 399 g/mol. The van der Waals surface area contributed by atoms with Gasteiger partial charge in [0.2, 0.25) is 0 Å². The van der Waals surface area contributed by atoms with Crippen molar-refractivity contribution in [1.82, 2.24) is 5.32 Å². The third-order valence-corrected chi connectivity index (χ3v) is 5.40. The van der Waals surface area contributed by atoms with Crippen LogP contribution in [0.25, 0.3) is 0 Å². The molecule has 0 radical (unpaired) electrons. The fourth-order valence-electron chi connectivity index (χ4n) is 2.96. The summed E-state index contributed by atoms with van der Waals surface area (Å²) in [6.07, 6.45) is 4.68. The second kappa shape index (κ2) is 11.8. The highest BCUT2D eigenvalue weighted by Crippen LogP contribution is 2.34. The van der Waals surface area contributed by atoms with Crippen molar-refractivity contribution >= 4 is 7.60 Å². The molecule has 0 unspecified atom stereocenters. The van der Waals surface area contributed by atoms with Crippen LogP contribution >= 0.6 is 7.60 Å². The number of unbranched alkanes of at least 4 members (excludes halogenated alkanes) is 2. The van der Waals surface area contributed by atoms with E-state index in [9.17, 15) is 4.57 Å². The number of benzene rings is 2. The molecule has 3 N–H and O–H groups in total. The molecular weight excluding hydrogens is 369 g/mol. The molecule has 0 aliphatic heterocycles. The van der Waals surface area contributed by atoms with Crippen LogP contribution in [0.1, 0.15) is 47.9 Å². The molecule has 28 heavy (non-hydrogen) atoms. The standard InChI is InChI=1S/C23H30NO3P/c1-20-18-22(19-24-16-9-17-28(25,26)27)14-15-23(20)13-8-3-2-5-10-21-11-6-4-7-12-21/h4,6-7,11-12,14-15,18,24H,2-3,5,9-10,16-17,19H2,1H3,(H2,25,26,27). The summed E-state index contributed by atoms with van der Waals surface area (Å²) in [6.45, 7) is 3.35. The van der Waals surface area contributed by atoms with Gasteiger partial charge in [-0.3, -0.25) is 4.57 Å². The highest BCUT2D eigenvalue weighted by Gasteiger charge is 2.10. The molecule has 0 heterocycles. The summed E-state index contributed by atoms with van der Waals surface area (Å²) in [6, 6.07) is 16.8. The maximum Gasteiger partial charge on any atom is 0.325 e. The molecule has 0 atom stereocenters. The van der Waals surface area contributed by atoms with Gasteiger partial charge < -0.3 is 15.1 Å². The van der Waals surface area contributed by atoms with Crippen LogP contribution in [0.2, 0.25) is 0 Å². The zero-order chi connectivity index (χ0) is 20.2. The highest BCUT2D eigenvalue weighted by molar-refractivity contribution is 7.51. The van der Waals surface area contributed by atoms with E-state index in [0.29, 0.717) is 19.5 Å². The molecule has 0 saturated heterocycles. The summed E-state index contributed by atoms with van der Waals surface area (Å²) < 4.78 is 10.8. The van der Waals surface area contributed by atoms with E-state index in [2.05, 4.69) is 66.5 Å². The molecule has 2 rings (SSSR count). The van der Waals surface area contributed by atoms with Crippen molar-refractivity contribution in [2.24, 2.45) is 0 Å². The summed E-state index contributed by atoms with van der Waals surface area (Å²) >= 11 is 0. The van der Waals surface area contributed by atoms with E-state index in [0.717, 1.165) is 42.4 Å². The average molecular weight is 399 g/mol. The van der Waals surface area contributed by atoms with Gasteiger partial charge in [0.15, 0.2) is 0 Å². The van der Waals surface area contributed by atoms with Crippen LogP contribution in [0, 0.1) is 18.8 Å². The normalized spacial score (nSPS) is 11.1. The molecule has 0 aromatic heterocycles. The van der Waals surface area contributed by atoms with Crippen molar-refractivity contribution in [3.8, 4) is 11.8 Å². The number of aryl methyl sites for hydroxylation is 2. The van der Waals surface area contributed by atoms with Crippen LogP contribution in [0.5, 0.6) is 0 Å². The highest BCUT2D eigenvalue weighted by atomic mass is 31.2. The summed E-state index contributed by atoms with van der Waals surface area (Å²) in [5, 5.41) is 3.22. The van der Waals surface area contributed by atoms with Crippen molar-refractivity contribution in [3.05, 3.63) is 70.8 Å². The Bertz CT molecular complexity index is 834. The molecule has 0 aliphatic carbocycles. The van der Waals surface area contributed by atoms with E-state index in [1.807, 2.05) is 6.07 Å². The molecule has 0 amide bonds. The van der Waals surface area contributed by atoms with Crippen molar-refractivity contribution < 1.29 is 14.4 Å². The van der Waals surface area contributed by atoms with Crippen molar-refractivity contribution in [3.63, 3.8) is 0 Å². The minimum atomic E-state index is -3.88. The molecule has 0 bridgehead atoms. The van der Waals surface area contributed by atoms with Crippen LogP contribution in [-0.4, -0.2) is 22.5 Å². The van der Waals surface area contributed by atoms with Gasteiger partial charge in [-0.2, -0.15) is 0 Å². The fraction of sp³-hybridized carbons (Fsp3) is 0.391. The van der Waals surface area contributed by atoms with Gasteiger partial charge in [-0.25, -0.2) is 0 Å². The molecule has 4 nitrogen and oxygen atoms in total. The Morgan fingerprint density at radius 1 is 1.00 bits per heavy atom. The Labute approximate surface area is 168 Å². The van der Waals surface area contributed by atoms with Crippen LogP contribution in [0.15, 0.2) is 48.5 Å². The van der Waals surface area contributed by atoms with Gasteiger partial charge in [0.1, 0.15) is 0 Å². The minimum absolute atomic E-state index is 0.0705. The lowest BCUT2D eigenvalue weighted by atomic mass is 10.0. The minimum Gasteiger partial charge on any atom is -0.324 e. The number of hydrogen-bond donors (Lipinski definition) is 3. The summed E-state index contributed by atoms with van der Waals surface area (Å²) in [5.74, 6) is 6.56. The average Bonchev–Trinajstić information content (AvgIpc) is 2.65. The number of rotatable bonds is 10. The maximum absolute atomic E-state index is 10.8. The largest absolute Gasteiger partial charge is 0.325 e. The lowest BCUT2D eigenvalue weighted by Gasteiger charge is -2.07. The van der Waals surface area contributed by atoms with E-state index in [-0.39, 0.29) is 6.16 Å². The van der Waals surface area contributed by atoms with Gasteiger partial charge >= 0.3 is 7.60 Å². The molecule has 2 aromatic carbocycles. The van der Waals surface area contributed by atoms with E-state index >= 15 is 0 Å². The second-order valence-corrected chi connectivity index (χ2v) is 8.84. The maximum atomic E-state index is 10.8. The fourth-order valence-corrected chi connectivity index (χ4v) is 3.53. The van der Waals surface area contributed by atoms with Crippen LogP contribution in [-0.2, 0) is 17.5 Å². The molecule has 0 spiro atoms. The topological polar surface area (TPSA) is 69.6 Å². The van der Waals surface area contributed by atoms with E-state index < -0.39 is 7.60 Å². The third-order valence-electron chi connectivity index (χ3n) is 4.51. The van der Waals surface area contributed by atoms with Crippen molar-refractivity contribution in [2.75, 3.05) is 12.7 Å². The lowest BCUT2D eigenvalue weighted by Crippen LogP contribution is -2.15. The van der Waals surface area contributed by atoms with Crippen molar-refractivity contribution in [2.45, 2.75) is 45.6 Å². The van der Waals surface area contributed by atoms with Crippen LogP contribution < -0.4 is 5.32 Å². The van der Waals surface area contributed by atoms with E-state index in [1.165, 1.54) is 5.56 Å². The smallest absolute Gasteiger partial charge is 0.324 e. The lowest BCUT2D eigenvalue weighted by molar-refractivity contribution is 0.371. The molecule has 2 aromatic rings. The van der Waals surface area contributed by atoms with Gasteiger partial charge in [-0.15, -0.1) is 0 Å². The first kappa shape index (κ1) is 22.4. The first-order valence-electron chi connectivity index (χ1n) is 9.82. The number of nitrogens with one attached hydrogen (secondary N) is 1. The zero-order valence-electron chi connectivity index (χ0n) is 16.5. The summed E-state index contributed by atoms with van der Waals surface area (Å²) in [4.78, 5) is 17.7. The zero-order valence-corrected chi connectivity index (χ0v) is 17.4. The Kier molecular flexibility index (Phi) is 9.47. The second-order valence-electron chi connectivity index (χ2n) is 7.06. The molecule has 5 heteroatoms. The number of hydrogen-bond acceptors (Lipinski definition) is 2. The van der Waals surface area contributed by atoms with Gasteiger partial charge in [0.05, 0.1) is 6.16 Å². The van der Waals surface area contributed by atoms with E-state index in [1.54, 1.807) is 0 Å². The van der Waals surface area contributed by atoms with Crippen molar-refractivity contribution in [1.29, 1.82) is 0 Å². The predicted molar refractivity (Wildman–Crippen MR) is 115 cm³/mol. The first-order chi connectivity index (χ1) is 13.4. The first-order valence-corrected chi connectivity index (χ1v) is 11.6. The summed E-state index contributed by atoms with van der Waals surface area (Å²) in [5.41, 5.74) is 4.76. The molecular formula is C23H30NO3P. The van der Waals surface area contributed by atoms with Gasteiger partial charge in [-0.05, 0) is 61.9 Å². The Hall–Kier alpha value is -1.89. The van der Waals surface area contributed by atoms with Gasteiger partial charge in [0.25, 0.3) is 0 Å². The van der Waals surface area contributed by atoms with E-state index in [4.69, 9.17) is 9.79 Å². The van der Waals surface area contributed by atoms with Gasteiger partial charge in [-0.1, -0.05) is 54.3 Å². The predicted octanol–water partition coefficient (Wildman–Crippen LogP) is 4.42. The molecule has 0 fully saturated rings.